The number of alkyl halides is 1. The number of carbonyl (C=O) groups is 1. The minimum atomic E-state index is -0.585. The lowest BCUT2D eigenvalue weighted by molar-refractivity contribution is 0.0884. The Morgan fingerprint density at radius 2 is 2.00 bits per heavy atom. The molecule has 0 radical (unpaired) electrons. The van der Waals surface area contributed by atoms with Crippen LogP contribution in [0.3, 0.4) is 0 Å². The molecule has 104 valence electrons. The van der Waals surface area contributed by atoms with Gasteiger partial charge in [-0.05, 0) is 25.0 Å². The first-order valence-electron chi connectivity index (χ1n) is 6.40. The second kappa shape index (κ2) is 6.10. The Balaban J connectivity index is 2.17. The van der Waals surface area contributed by atoms with Gasteiger partial charge < -0.3 is 5.32 Å². The van der Waals surface area contributed by atoms with Gasteiger partial charge in [-0.2, -0.15) is 0 Å². The molecule has 1 amide bonds. The summed E-state index contributed by atoms with van der Waals surface area (Å²) in [7, 11) is 0. The molecule has 0 aliphatic heterocycles. The fraction of sp³-hybridized carbons (Fsp3) is 0.500. The zero-order valence-electron chi connectivity index (χ0n) is 10.5. The largest absolute Gasteiger partial charge is 0.345 e. The lowest BCUT2D eigenvalue weighted by atomic mass is 9.83. The SMILES string of the molecule is O=C(NC1(CCl)CCCCC1)c1cccc(F)c1Cl. The van der Waals surface area contributed by atoms with Crippen molar-refractivity contribution in [2.24, 2.45) is 0 Å². The Morgan fingerprint density at radius 3 is 2.63 bits per heavy atom. The molecular formula is C14H16Cl2FNO. The molecule has 5 heteroatoms. The van der Waals surface area contributed by atoms with E-state index in [1.54, 1.807) is 0 Å². The number of rotatable bonds is 3. The molecule has 1 aliphatic carbocycles. The van der Waals surface area contributed by atoms with E-state index < -0.39 is 5.82 Å². The van der Waals surface area contributed by atoms with Gasteiger partial charge in [-0.15, -0.1) is 11.6 Å². The Hall–Kier alpha value is -0.800. The smallest absolute Gasteiger partial charge is 0.253 e. The van der Waals surface area contributed by atoms with Crippen molar-refractivity contribution in [1.82, 2.24) is 5.32 Å². The summed E-state index contributed by atoms with van der Waals surface area (Å²) in [6, 6.07) is 4.23. The van der Waals surface area contributed by atoms with Crippen molar-refractivity contribution in [2.75, 3.05) is 5.88 Å². The zero-order chi connectivity index (χ0) is 13.9. The van der Waals surface area contributed by atoms with Crippen molar-refractivity contribution in [1.29, 1.82) is 0 Å². The standard InChI is InChI=1S/C14H16Cl2FNO/c15-9-14(7-2-1-3-8-14)18-13(19)10-5-4-6-11(17)12(10)16/h4-6H,1-3,7-9H2,(H,18,19). The molecule has 1 aliphatic rings. The summed E-state index contributed by atoms with van der Waals surface area (Å²) in [6.45, 7) is 0. The van der Waals surface area contributed by atoms with E-state index in [4.69, 9.17) is 23.2 Å². The molecule has 1 fully saturated rings. The summed E-state index contributed by atoms with van der Waals surface area (Å²) in [6.07, 6.45) is 4.97. The number of nitrogens with one attached hydrogen (secondary N) is 1. The van der Waals surface area contributed by atoms with Crippen LogP contribution < -0.4 is 5.32 Å². The highest BCUT2D eigenvalue weighted by Crippen LogP contribution is 2.30. The molecule has 1 N–H and O–H groups in total. The van der Waals surface area contributed by atoms with Crippen molar-refractivity contribution in [3.8, 4) is 0 Å². The number of halogens is 3. The van der Waals surface area contributed by atoms with E-state index in [1.165, 1.54) is 18.2 Å². The van der Waals surface area contributed by atoms with Gasteiger partial charge in [0.25, 0.3) is 5.91 Å². The maximum absolute atomic E-state index is 13.4. The molecular weight excluding hydrogens is 288 g/mol. The maximum Gasteiger partial charge on any atom is 0.253 e. The molecule has 19 heavy (non-hydrogen) atoms. The van der Waals surface area contributed by atoms with E-state index in [-0.39, 0.29) is 22.0 Å². The van der Waals surface area contributed by atoms with E-state index in [0.717, 1.165) is 32.1 Å². The third-order valence-electron chi connectivity index (χ3n) is 3.64. The highest BCUT2D eigenvalue weighted by Gasteiger charge is 2.33. The maximum atomic E-state index is 13.4. The molecule has 0 spiro atoms. The van der Waals surface area contributed by atoms with Crippen LogP contribution in [0.15, 0.2) is 18.2 Å². The summed E-state index contributed by atoms with van der Waals surface area (Å²) >= 11 is 11.8. The average molecular weight is 304 g/mol. The lowest BCUT2D eigenvalue weighted by Gasteiger charge is -2.36. The van der Waals surface area contributed by atoms with Gasteiger partial charge in [-0.25, -0.2) is 4.39 Å². The lowest BCUT2D eigenvalue weighted by Crippen LogP contribution is -2.51. The van der Waals surface area contributed by atoms with Crippen molar-refractivity contribution in [2.45, 2.75) is 37.6 Å². The molecule has 0 atom stereocenters. The van der Waals surface area contributed by atoms with Gasteiger partial charge in [0.1, 0.15) is 5.82 Å². The van der Waals surface area contributed by atoms with Crippen LogP contribution in [0.5, 0.6) is 0 Å². The molecule has 0 heterocycles. The fourth-order valence-corrected chi connectivity index (χ4v) is 3.05. The highest BCUT2D eigenvalue weighted by molar-refractivity contribution is 6.34. The van der Waals surface area contributed by atoms with Crippen molar-refractivity contribution < 1.29 is 9.18 Å². The van der Waals surface area contributed by atoms with Crippen LogP contribution in [-0.4, -0.2) is 17.3 Å². The second-order valence-electron chi connectivity index (χ2n) is 5.03. The topological polar surface area (TPSA) is 29.1 Å². The monoisotopic (exact) mass is 303 g/mol. The predicted molar refractivity (Wildman–Crippen MR) is 75.4 cm³/mol. The summed E-state index contributed by atoms with van der Waals surface area (Å²) in [5.74, 6) is -0.573. The van der Waals surface area contributed by atoms with Crippen LogP contribution in [-0.2, 0) is 0 Å². The Bertz CT molecular complexity index is 473. The van der Waals surface area contributed by atoms with E-state index in [2.05, 4.69) is 5.32 Å². The molecule has 0 aromatic heterocycles. The van der Waals surface area contributed by atoms with Gasteiger partial charge in [0.05, 0.1) is 16.1 Å². The average Bonchev–Trinajstić information content (AvgIpc) is 2.42. The van der Waals surface area contributed by atoms with Crippen molar-refractivity contribution in [3.63, 3.8) is 0 Å². The molecule has 0 saturated heterocycles. The molecule has 1 aromatic rings. The van der Waals surface area contributed by atoms with Gasteiger partial charge in [-0.1, -0.05) is 36.9 Å². The first-order valence-corrected chi connectivity index (χ1v) is 7.32. The van der Waals surface area contributed by atoms with Gasteiger partial charge in [0.15, 0.2) is 0 Å². The molecule has 0 unspecified atom stereocenters. The van der Waals surface area contributed by atoms with Crippen LogP contribution in [0.4, 0.5) is 4.39 Å². The van der Waals surface area contributed by atoms with E-state index in [0.29, 0.717) is 5.88 Å². The minimum Gasteiger partial charge on any atom is -0.345 e. The van der Waals surface area contributed by atoms with Gasteiger partial charge >= 0.3 is 0 Å². The van der Waals surface area contributed by atoms with E-state index in [1.807, 2.05) is 0 Å². The molecule has 1 saturated carbocycles. The Morgan fingerprint density at radius 1 is 1.32 bits per heavy atom. The summed E-state index contributed by atoms with van der Waals surface area (Å²) in [5.41, 5.74) is -0.219. The summed E-state index contributed by atoms with van der Waals surface area (Å²) in [4.78, 5) is 12.2. The number of hydrogen-bond donors (Lipinski definition) is 1. The molecule has 2 rings (SSSR count). The van der Waals surface area contributed by atoms with Crippen LogP contribution in [0, 0.1) is 5.82 Å². The van der Waals surface area contributed by atoms with Gasteiger partial charge in [-0.3, -0.25) is 4.79 Å². The van der Waals surface area contributed by atoms with Crippen molar-refractivity contribution in [3.05, 3.63) is 34.6 Å². The van der Waals surface area contributed by atoms with Gasteiger partial charge in [0, 0.05) is 5.88 Å². The van der Waals surface area contributed by atoms with Crippen LogP contribution in [0.2, 0.25) is 5.02 Å². The Labute approximate surface area is 122 Å². The quantitative estimate of drug-likeness (QED) is 0.835. The highest BCUT2D eigenvalue weighted by atomic mass is 35.5. The van der Waals surface area contributed by atoms with E-state index in [9.17, 15) is 9.18 Å². The van der Waals surface area contributed by atoms with Crippen LogP contribution in [0.25, 0.3) is 0 Å². The van der Waals surface area contributed by atoms with E-state index >= 15 is 0 Å². The number of carbonyl (C=O) groups excluding carboxylic acids is 1. The third-order valence-corrected chi connectivity index (χ3v) is 4.54. The number of amides is 1. The zero-order valence-corrected chi connectivity index (χ0v) is 12.0. The van der Waals surface area contributed by atoms with Gasteiger partial charge in [0.2, 0.25) is 0 Å². The number of hydrogen-bond acceptors (Lipinski definition) is 1. The predicted octanol–water partition coefficient (Wildman–Crippen LogP) is 4.15. The first-order chi connectivity index (χ1) is 9.08. The van der Waals surface area contributed by atoms with Crippen molar-refractivity contribution >= 4 is 29.1 Å². The fourth-order valence-electron chi connectivity index (χ4n) is 2.51. The molecule has 0 bridgehead atoms. The second-order valence-corrected chi connectivity index (χ2v) is 5.68. The Kier molecular flexibility index (Phi) is 4.69. The van der Waals surface area contributed by atoms with Crippen LogP contribution >= 0.6 is 23.2 Å². The number of benzene rings is 1. The minimum absolute atomic E-state index is 0.138. The first kappa shape index (κ1) is 14.6. The summed E-state index contributed by atoms with van der Waals surface area (Å²) < 4.78 is 13.4. The normalized spacial score (nSPS) is 18.1. The molecule has 1 aromatic carbocycles. The summed E-state index contributed by atoms with van der Waals surface area (Å²) in [5, 5.41) is 2.81. The molecule has 2 nitrogen and oxygen atoms in total. The third kappa shape index (κ3) is 3.21. The van der Waals surface area contributed by atoms with Crippen LogP contribution in [0.1, 0.15) is 42.5 Å².